The number of hydrogen-bond acceptors (Lipinski definition) is 3. The molecule has 1 aliphatic carbocycles. The van der Waals surface area contributed by atoms with Crippen molar-refractivity contribution in [2.45, 2.75) is 57.3 Å². The van der Waals surface area contributed by atoms with Gasteiger partial charge in [-0.05, 0) is 72.4 Å². The molecule has 6 rings (SSSR count). The average molecular weight is 577 g/mol. The highest BCUT2D eigenvalue weighted by Crippen LogP contribution is 2.41. The zero-order chi connectivity index (χ0) is 25.6. The molecule has 37 heavy (non-hydrogen) atoms. The SMILES string of the molecule is CC1CCC(NC(=O)C2(c3ccccc3)Cn3c(cc4sccc43)C(=O)N2Cc2cccc(Br)c2)CC1. The molecule has 3 heterocycles. The van der Waals surface area contributed by atoms with Gasteiger partial charge in [0.1, 0.15) is 5.69 Å². The summed E-state index contributed by atoms with van der Waals surface area (Å²) in [6.45, 7) is 2.99. The van der Waals surface area contributed by atoms with Gasteiger partial charge in [0.25, 0.3) is 11.8 Å². The van der Waals surface area contributed by atoms with Crippen molar-refractivity contribution in [1.29, 1.82) is 0 Å². The van der Waals surface area contributed by atoms with Crippen molar-refractivity contribution in [2.75, 3.05) is 0 Å². The van der Waals surface area contributed by atoms with Crippen molar-refractivity contribution in [3.63, 3.8) is 0 Å². The molecule has 1 unspecified atom stereocenters. The highest BCUT2D eigenvalue weighted by molar-refractivity contribution is 9.10. The zero-order valence-electron chi connectivity index (χ0n) is 20.8. The Morgan fingerprint density at radius 1 is 1.05 bits per heavy atom. The van der Waals surface area contributed by atoms with E-state index >= 15 is 0 Å². The Bertz CT molecular complexity index is 1450. The summed E-state index contributed by atoms with van der Waals surface area (Å²) in [5.41, 5.74) is 2.29. The predicted octanol–water partition coefficient (Wildman–Crippen LogP) is 6.71. The Balaban J connectivity index is 1.51. The number of hydrogen-bond donors (Lipinski definition) is 1. The fraction of sp³-hybridized carbons (Fsp3) is 0.333. The van der Waals surface area contributed by atoms with E-state index in [4.69, 9.17) is 0 Å². The molecule has 5 nitrogen and oxygen atoms in total. The second-order valence-corrected chi connectivity index (χ2v) is 12.3. The molecule has 2 amide bonds. The minimum absolute atomic E-state index is 0.0932. The van der Waals surface area contributed by atoms with E-state index in [0.29, 0.717) is 24.7 Å². The number of benzene rings is 2. The van der Waals surface area contributed by atoms with Crippen molar-refractivity contribution in [3.8, 4) is 0 Å². The van der Waals surface area contributed by atoms with E-state index in [9.17, 15) is 9.59 Å². The fourth-order valence-corrected chi connectivity index (χ4v) is 7.24. The second kappa shape index (κ2) is 9.76. The summed E-state index contributed by atoms with van der Waals surface area (Å²) in [4.78, 5) is 30.7. The maximum Gasteiger partial charge on any atom is 0.272 e. The number of carbonyl (C=O) groups excluding carboxylic acids is 2. The molecule has 0 radical (unpaired) electrons. The summed E-state index contributed by atoms with van der Waals surface area (Å²) in [6.07, 6.45) is 4.17. The lowest BCUT2D eigenvalue weighted by molar-refractivity contribution is -0.136. The van der Waals surface area contributed by atoms with Crippen molar-refractivity contribution >= 4 is 49.3 Å². The van der Waals surface area contributed by atoms with Crippen LogP contribution in [0.25, 0.3) is 10.2 Å². The maximum absolute atomic E-state index is 14.6. The van der Waals surface area contributed by atoms with E-state index in [0.717, 1.165) is 51.5 Å². The van der Waals surface area contributed by atoms with Crippen LogP contribution in [0.15, 0.2) is 76.6 Å². The van der Waals surface area contributed by atoms with Gasteiger partial charge < -0.3 is 14.8 Å². The number of rotatable bonds is 5. The lowest BCUT2D eigenvalue weighted by atomic mass is 9.82. The van der Waals surface area contributed by atoms with Crippen molar-refractivity contribution < 1.29 is 9.59 Å². The van der Waals surface area contributed by atoms with Crippen LogP contribution in [0.1, 0.15) is 54.2 Å². The molecule has 2 aromatic carbocycles. The Labute approximate surface area is 229 Å². The van der Waals surface area contributed by atoms with Crippen molar-refractivity contribution in [2.24, 2.45) is 5.92 Å². The summed E-state index contributed by atoms with van der Waals surface area (Å²) < 4.78 is 4.07. The molecule has 1 saturated carbocycles. The van der Waals surface area contributed by atoms with Gasteiger partial charge in [0, 0.05) is 17.1 Å². The van der Waals surface area contributed by atoms with Gasteiger partial charge in [-0.3, -0.25) is 9.59 Å². The van der Waals surface area contributed by atoms with Crippen LogP contribution in [0.5, 0.6) is 0 Å². The van der Waals surface area contributed by atoms with Gasteiger partial charge in [-0.1, -0.05) is 65.3 Å². The normalized spacial score (nSPS) is 23.7. The number of nitrogens with one attached hydrogen (secondary N) is 1. The fourth-order valence-electron chi connectivity index (χ4n) is 5.97. The zero-order valence-corrected chi connectivity index (χ0v) is 23.2. The van der Waals surface area contributed by atoms with Crippen LogP contribution in [0.2, 0.25) is 0 Å². The van der Waals surface area contributed by atoms with E-state index in [2.05, 4.69) is 38.8 Å². The van der Waals surface area contributed by atoms with Gasteiger partial charge in [-0.2, -0.15) is 0 Å². The lowest BCUT2D eigenvalue weighted by Crippen LogP contribution is -2.64. The third kappa shape index (κ3) is 4.32. The quantitative estimate of drug-likeness (QED) is 0.287. The predicted molar refractivity (Wildman–Crippen MR) is 152 cm³/mol. The number of nitrogens with zero attached hydrogens (tertiary/aromatic N) is 2. The topological polar surface area (TPSA) is 54.3 Å². The summed E-state index contributed by atoms with van der Waals surface area (Å²) in [6, 6.07) is 22.0. The van der Waals surface area contributed by atoms with Crippen LogP contribution in [-0.2, 0) is 23.4 Å². The van der Waals surface area contributed by atoms with E-state index in [-0.39, 0.29) is 17.9 Å². The molecule has 0 saturated heterocycles. The smallest absolute Gasteiger partial charge is 0.272 e. The van der Waals surface area contributed by atoms with Crippen LogP contribution < -0.4 is 5.32 Å². The number of halogens is 1. The molecule has 1 N–H and O–H groups in total. The maximum atomic E-state index is 14.6. The summed E-state index contributed by atoms with van der Waals surface area (Å²) in [7, 11) is 0. The monoisotopic (exact) mass is 575 g/mol. The van der Waals surface area contributed by atoms with Gasteiger partial charge in [0.2, 0.25) is 0 Å². The first kappa shape index (κ1) is 24.4. The minimum Gasteiger partial charge on any atom is -0.351 e. The first-order chi connectivity index (χ1) is 18.0. The van der Waals surface area contributed by atoms with Gasteiger partial charge in [-0.25, -0.2) is 0 Å². The molecule has 2 aliphatic rings. The van der Waals surface area contributed by atoms with Crippen LogP contribution in [0.3, 0.4) is 0 Å². The van der Waals surface area contributed by atoms with Gasteiger partial charge in [-0.15, -0.1) is 11.3 Å². The molecule has 4 aromatic rings. The van der Waals surface area contributed by atoms with E-state index < -0.39 is 5.54 Å². The largest absolute Gasteiger partial charge is 0.351 e. The van der Waals surface area contributed by atoms with E-state index in [1.54, 1.807) is 11.3 Å². The second-order valence-electron chi connectivity index (χ2n) is 10.5. The number of amides is 2. The molecular formula is C30H30BrN3O2S. The molecule has 190 valence electrons. The molecule has 2 aromatic heterocycles. The third-order valence-electron chi connectivity index (χ3n) is 8.04. The standard InChI is InChI=1S/C30H30BrN3O2S/c1-20-10-12-24(13-11-20)32-29(36)30(22-7-3-2-4-8-22)19-33-25-14-15-37-27(25)17-26(33)28(35)34(30)18-21-6-5-9-23(31)16-21/h2-9,14-17,20,24H,10-13,18-19H2,1H3,(H,32,36). The summed E-state index contributed by atoms with van der Waals surface area (Å²) >= 11 is 5.20. The van der Waals surface area contributed by atoms with Gasteiger partial charge in [0.05, 0.1) is 16.8 Å². The Kier molecular flexibility index (Phi) is 6.45. The van der Waals surface area contributed by atoms with Crippen LogP contribution in [0.4, 0.5) is 0 Å². The number of aromatic nitrogens is 1. The molecule has 1 fully saturated rings. The number of fused-ring (bicyclic) bond motifs is 3. The first-order valence-corrected chi connectivity index (χ1v) is 14.6. The van der Waals surface area contributed by atoms with E-state index in [1.807, 2.05) is 70.9 Å². The van der Waals surface area contributed by atoms with Gasteiger partial charge >= 0.3 is 0 Å². The van der Waals surface area contributed by atoms with Crippen molar-refractivity contribution in [3.05, 3.63) is 93.4 Å². The Morgan fingerprint density at radius 3 is 2.59 bits per heavy atom. The molecule has 0 bridgehead atoms. The van der Waals surface area contributed by atoms with Crippen LogP contribution in [0, 0.1) is 5.92 Å². The first-order valence-electron chi connectivity index (χ1n) is 13.0. The molecular weight excluding hydrogens is 546 g/mol. The highest BCUT2D eigenvalue weighted by Gasteiger charge is 2.53. The molecule has 1 aliphatic heterocycles. The lowest BCUT2D eigenvalue weighted by Gasteiger charge is -2.47. The molecule has 7 heteroatoms. The minimum atomic E-state index is -1.18. The van der Waals surface area contributed by atoms with Gasteiger partial charge in [0.15, 0.2) is 5.54 Å². The summed E-state index contributed by atoms with van der Waals surface area (Å²) in [5, 5.41) is 5.45. The number of carbonyl (C=O) groups is 2. The van der Waals surface area contributed by atoms with Crippen LogP contribution in [-0.4, -0.2) is 27.3 Å². The van der Waals surface area contributed by atoms with E-state index in [1.165, 1.54) is 0 Å². The Morgan fingerprint density at radius 2 is 1.84 bits per heavy atom. The Hall–Kier alpha value is -2.90. The molecule has 0 spiro atoms. The summed E-state index contributed by atoms with van der Waals surface area (Å²) in [5.74, 6) is 0.477. The van der Waals surface area contributed by atoms with Crippen LogP contribution >= 0.6 is 27.3 Å². The highest BCUT2D eigenvalue weighted by atomic mass is 79.9. The average Bonchev–Trinajstić information content (AvgIpc) is 3.50. The third-order valence-corrected chi connectivity index (χ3v) is 9.39. The number of thiophene rings is 1. The molecule has 1 atom stereocenters. The van der Waals surface area contributed by atoms with Crippen molar-refractivity contribution in [1.82, 2.24) is 14.8 Å².